The fraction of sp³-hybridized carbons (Fsp3) is 0.647. The van der Waals surface area contributed by atoms with E-state index >= 15 is 0 Å². The zero-order valence-corrected chi connectivity index (χ0v) is 12.9. The highest BCUT2D eigenvalue weighted by atomic mass is 15.2. The number of hydrogen-bond acceptors (Lipinski definition) is 2. The zero-order valence-electron chi connectivity index (χ0n) is 12.9. The number of benzene rings is 1. The summed E-state index contributed by atoms with van der Waals surface area (Å²) in [7, 11) is 0. The summed E-state index contributed by atoms with van der Waals surface area (Å²) in [4.78, 5) is 2.62. The molecule has 106 valence electrons. The summed E-state index contributed by atoms with van der Waals surface area (Å²) in [6, 6.07) is 5.62. The van der Waals surface area contributed by atoms with Crippen LogP contribution in [-0.4, -0.2) is 24.0 Å². The number of piperidine rings is 1. The van der Waals surface area contributed by atoms with E-state index in [-0.39, 0.29) is 0 Å². The normalized spacial score (nSPS) is 22.5. The van der Waals surface area contributed by atoms with Crippen molar-refractivity contribution in [2.75, 3.05) is 13.1 Å². The Balaban J connectivity index is 2.36. The van der Waals surface area contributed by atoms with Crippen LogP contribution in [0.3, 0.4) is 0 Å². The summed E-state index contributed by atoms with van der Waals surface area (Å²) in [5.74, 6) is 0. The van der Waals surface area contributed by atoms with Crippen LogP contribution in [0.15, 0.2) is 12.1 Å². The van der Waals surface area contributed by atoms with E-state index in [9.17, 15) is 0 Å². The Morgan fingerprint density at radius 2 is 1.84 bits per heavy atom. The number of nitrogens with two attached hydrogens (primary N) is 1. The fourth-order valence-corrected chi connectivity index (χ4v) is 3.72. The minimum Gasteiger partial charge on any atom is -0.329 e. The van der Waals surface area contributed by atoms with Gasteiger partial charge in [0.15, 0.2) is 0 Å². The van der Waals surface area contributed by atoms with E-state index in [1.165, 1.54) is 48.1 Å². The Morgan fingerprint density at radius 1 is 1.21 bits per heavy atom. The molecule has 1 aromatic carbocycles. The first-order valence-electron chi connectivity index (χ1n) is 7.58. The molecule has 2 unspecified atom stereocenters. The van der Waals surface area contributed by atoms with E-state index in [1.807, 2.05) is 0 Å². The van der Waals surface area contributed by atoms with Crippen molar-refractivity contribution in [3.05, 3.63) is 34.4 Å². The lowest BCUT2D eigenvalue weighted by atomic mass is 9.90. The standard InChI is InChI=1S/C17H28N2/c1-12-9-13(2)17(14(3)10-12)16(11-18)19-8-6-5-7-15(19)4/h9-10,15-16H,5-8,11,18H2,1-4H3. The molecule has 2 rings (SSSR count). The van der Waals surface area contributed by atoms with Crippen LogP contribution in [0.4, 0.5) is 0 Å². The molecule has 0 saturated carbocycles. The molecule has 19 heavy (non-hydrogen) atoms. The molecule has 2 N–H and O–H groups in total. The van der Waals surface area contributed by atoms with Crippen LogP contribution < -0.4 is 5.73 Å². The lowest BCUT2D eigenvalue weighted by Gasteiger charge is -2.40. The van der Waals surface area contributed by atoms with E-state index in [0.717, 1.165) is 6.54 Å². The van der Waals surface area contributed by atoms with Crippen molar-refractivity contribution < 1.29 is 0 Å². The third kappa shape index (κ3) is 3.01. The first kappa shape index (κ1) is 14.5. The predicted molar refractivity (Wildman–Crippen MR) is 82.5 cm³/mol. The lowest BCUT2D eigenvalue weighted by molar-refractivity contribution is 0.108. The van der Waals surface area contributed by atoms with Crippen molar-refractivity contribution in [2.24, 2.45) is 5.73 Å². The smallest absolute Gasteiger partial charge is 0.0478 e. The first-order valence-corrected chi connectivity index (χ1v) is 7.58. The average Bonchev–Trinajstić information content (AvgIpc) is 2.34. The van der Waals surface area contributed by atoms with Crippen LogP contribution in [-0.2, 0) is 0 Å². The molecular formula is C17H28N2. The molecule has 2 atom stereocenters. The van der Waals surface area contributed by atoms with Crippen molar-refractivity contribution in [2.45, 2.75) is 59.0 Å². The third-order valence-corrected chi connectivity index (χ3v) is 4.55. The molecule has 1 aromatic rings. The van der Waals surface area contributed by atoms with Crippen LogP contribution in [0.1, 0.15) is 54.5 Å². The van der Waals surface area contributed by atoms with E-state index in [0.29, 0.717) is 12.1 Å². The second-order valence-electron chi connectivity index (χ2n) is 6.15. The molecule has 2 nitrogen and oxygen atoms in total. The summed E-state index contributed by atoms with van der Waals surface area (Å²) in [5.41, 5.74) is 11.7. The first-order chi connectivity index (χ1) is 9.04. The second kappa shape index (κ2) is 6.06. The van der Waals surface area contributed by atoms with Gasteiger partial charge in [-0.1, -0.05) is 24.1 Å². The number of nitrogens with zero attached hydrogens (tertiary/aromatic N) is 1. The minimum atomic E-state index is 0.385. The summed E-state index contributed by atoms with van der Waals surface area (Å²) in [6.07, 6.45) is 3.98. The van der Waals surface area contributed by atoms with Crippen LogP contribution in [0.2, 0.25) is 0 Å². The molecule has 1 saturated heterocycles. The quantitative estimate of drug-likeness (QED) is 0.901. The Morgan fingerprint density at radius 3 is 2.37 bits per heavy atom. The Hall–Kier alpha value is -0.860. The molecule has 1 aliphatic rings. The van der Waals surface area contributed by atoms with E-state index in [1.54, 1.807) is 0 Å². The van der Waals surface area contributed by atoms with Gasteiger partial charge in [0.1, 0.15) is 0 Å². The lowest BCUT2D eigenvalue weighted by Crippen LogP contribution is -2.43. The van der Waals surface area contributed by atoms with Gasteiger partial charge in [-0.05, 0) is 63.8 Å². The van der Waals surface area contributed by atoms with Crippen LogP contribution in [0.25, 0.3) is 0 Å². The highest BCUT2D eigenvalue weighted by molar-refractivity contribution is 5.40. The van der Waals surface area contributed by atoms with E-state index in [2.05, 4.69) is 44.7 Å². The SMILES string of the molecule is Cc1cc(C)c(C(CN)N2CCCCC2C)c(C)c1. The monoisotopic (exact) mass is 260 g/mol. The van der Waals surface area contributed by atoms with Gasteiger partial charge in [-0.15, -0.1) is 0 Å². The molecule has 1 fully saturated rings. The maximum atomic E-state index is 6.13. The van der Waals surface area contributed by atoms with Gasteiger partial charge in [-0.2, -0.15) is 0 Å². The molecule has 0 amide bonds. The molecule has 0 radical (unpaired) electrons. The maximum Gasteiger partial charge on any atom is 0.0478 e. The highest BCUT2D eigenvalue weighted by Crippen LogP contribution is 2.32. The maximum absolute atomic E-state index is 6.13. The average molecular weight is 260 g/mol. The van der Waals surface area contributed by atoms with E-state index < -0.39 is 0 Å². The Labute approximate surface area is 118 Å². The second-order valence-corrected chi connectivity index (χ2v) is 6.15. The highest BCUT2D eigenvalue weighted by Gasteiger charge is 2.28. The summed E-state index contributed by atoms with van der Waals surface area (Å²) in [6.45, 7) is 10.9. The Bertz CT molecular complexity index is 416. The van der Waals surface area contributed by atoms with Crippen molar-refractivity contribution in [3.8, 4) is 0 Å². The van der Waals surface area contributed by atoms with Gasteiger partial charge in [-0.3, -0.25) is 4.90 Å². The minimum absolute atomic E-state index is 0.385. The molecular weight excluding hydrogens is 232 g/mol. The van der Waals surface area contributed by atoms with Crippen molar-refractivity contribution in [3.63, 3.8) is 0 Å². The molecule has 0 bridgehead atoms. The van der Waals surface area contributed by atoms with Crippen LogP contribution in [0.5, 0.6) is 0 Å². The number of rotatable bonds is 3. The summed E-state index contributed by atoms with van der Waals surface area (Å²) < 4.78 is 0. The van der Waals surface area contributed by atoms with Crippen molar-refractivity contribution in [1.29, 1.82) is 0 Å². The summed E-state index contributed by atoms with van der Waals surface area (Å²) in [5, 5.41) is 0. The number of aryl methyl sites for hydroxylation is 3. The van der Waals surface area contributed by atoms with Crippen LogP contribution in [0, 0.1) is 20.8 Å². The van der Waals surface area contributed by atoms with Crippen LogP contribution >= 0.6 is 0 Å². The van der Waals surface area contributed by atoms with Gasteiger partial charge < -0.3 is 5.73 Å². The molecule has 0 aromatic heterocycles. The summed E-state index contributed by atoms with van der Waals surface area (Å²) >= 11 is 0. The molecule has 0 spiro atoms. The van der Waals surface area contributed by atoms with Gasteiger partial charge in [0.2, 0.25) is 0 Å². The third-order valence-electron chi connectivity index (χ3n) is 4.55. The molecule has 0 aliphatic carbocycles. The largest absolute Gasteiger partial charge is 0.329 e. The number of likely N-dealkylation sites (tertiary alicyclic amines) is 1. The van der Waals surface area contributed by atoms with Gasteiger partial charge in [0.25, 0.3) is 0 Å². The van der Waals surface area contributed by atoms with Crippen molar-refractivity contribution >= 4 is 0 Å². The van der Waals surface area contributed by atoms with Gasteiger partial charge in [-0.25, -0.2) is 0 Å². The molecule has 1 heterocycles. The molecule has 1 aliphatic heterocycles. The predicted octanol–water partition coefficient (Wildman–Crippen LogP) is 3.49. The topological polar surface area (TPSA) is 29.3 Å². The van der Waals surface area contributed by atoms with Gasteiger partial charge >= 0.3 is 0 Å². The van der Waals surface area contributed by atoms with E-state index in [4.69, 9.17) is 5.73 Å². The Kier molecular flexibility index (Phi) is 4.64. The van der Waals surface area contributed by atoms with Gasteiger partial charge in [0, 0.05) is 18.6 Å². The van der Waals surface area contributed by atoms with Crippen molar-refractivity contribution in [1.82, 2.24) is 4.90 Å². The van der Waals surface area contributed by atoms with Gasteiger partial charge in [0.05, 0.1) is 0 Å². The number of hydrogen-bond donors (Lipinski definition) is 1. The molecule has 2 heteroatoms. The zero-order chi connectivity index (χ0) is 14.0. The fourth-order valence-electron chi connectivity index (χ4n) is 3.72.